The first-order valence-electron chi connectivity index (χ1n) is 8.94. The van der Waals surface area contributed by atoms with E-state index in [1.165, 1.54) is 24.4 Å². The summed E-state index contributed by atoms with van der Waals surface area (Å²) in [5.41, 5.74) is 1.24. The van der Waals surface area contributed by atoms with E-state index in [1.54, 1.807) is 0 Å². The van der Waals surface area contributed by atoms with Gasteiger partial charge in [0.25, 0.3) is 0 Å². The molecule has 2 fully saturated rings. The van der Waals surface area contributed by atoms with Gasteiger partial charge in [-0.3, -0.25) is 0 Å². The number of aryl methyl sites for hydroxylation is 1. The molecule has 0 bridgehead atoms. The molecule has 0 saturated carbocycles. The van der Waals surface area contributed by atoms with Gasteiger partial charge in [0.05, 0.1) is 5.69 Å². The number of hydrogen-bond acceptors (Lipinski definition) is 4. The van der Waals surface area contributed by atoms with Crippen molar-refractivity contribution in [3.05, 3.63) is 17.7 Å². The summed E-state index contributed by atoms with van der Waals surface area (Å²) in [7, 11) is 0. The Kier molecular flexibility index (Phi) is 13.2. The van der Waals surface area contributed by atoms with Crippen LogP contribution in [0.5, 0.6) is 0 Å². The van der Waals surface area contributed by atoms with E-state index in [1.807, 2.05) is 0 Å². The van der Waals surface area contributed by atoms with Crippen LogP contribution >= 0.6 is 37.2 Å². The van der Waals surface area contributed by atoms with Crippen LogP contribution in [0, 0.1) is 0 Å². The van der Waals surface area contributed by atoms with Gasteiger partial charge in [-0.15, -0.1) is 37.2 Å². The maximum absolute atomic E-state index is 5.42. The number of nitrogens with zero attached hydrogens (tertiary/aromatic N) is 2. The van der Waals surface area contributed by atoms with Crippen LogP contribution in [0.15, 0.2) is 6.20 Å². The van der Waals surface area contributed by atoms with Crippen molar-refractivity contribution in [3.8, 4) is 0 Å². The molecule has 1 aromatic heterocycles. The second-order valence-corrected chi connectivity index (χ2v) is 6.50. The van der Waals surface area contributed by atoms with Crippen LogP contribution in [0.4, 0.5) is 0 Å². The minimum absolute atomic E-state index is 0. The fourth-order valence-corrected chi connectivity index (χ4v) is 3.53. The Morgan fingerprint density at radius 1 is 1.16 bits per heavy atom. The summed E-state index contributed by atoms with van der Waals surface area (Å²) >= 11 is 0. The average Bonchev–Trinajstić information content (AvgIpc) is 3.00. The van der Waals surface area contributed by atoms with Gasteiger partial charge in [0.2, 0.25) is 0 Å². The standard InChI is InChI=1S/C17H30N4O.3ClH/c1-2-15-13-21(10-9-19-16-5-11-22-12-6-16)17(20-15)14-3-7-18-8-4-14;;;/h13-14,16,18-19H,2-12H2,1H3;3*1H. The van der Waals surface area contributed by atoms with Crippen LogP contribution in [-0.4, -0.2) is 48.4 Å². The highest BCUT2D eigenvalue weighted by molar-refractivity contribution is 5.86. The van der Waals surface area contributed by atoms with Gasteiger partial charge < -0.3 is 19.9 Å². The fourth-order valence-electron chi connectivity index (χ4n) is 3.53. The summed E-state index contributed by atoms with van der Waals surface area (Å²) in [6, 6.07) is 0.630. The van der Waals surface area contributed by atoms with E-state index in [0.29, 0.717) is 12.0 Å². The summed E-state index contributed by atoms with van der Waals surface area (Å²) in [6.07, 6.45) is 8.01. The highest BCUT2D eigenvalue weighted by atomic mass is 35.5. The number of aromatic nitrogens is 2. The lowest BCUT2D eigenvalue weighted by Gasteiger charge is -2.25. The van der Waals surface area contributed by atoms with Gasteiger partial charge in [0.1, 0.15) is 5.82 Å². The summed E-state index contributed by atoms with van der Waals surface area (Å²) in [4.78, 5) is 4.91. The molecule has 8 heteroatoms. The first-order valence-corrected chi connectivity index (χ1v) is 8.94. The molecule has 0 atom stereocenters. The third-order valence-corrected chi connectivity index (χ3v) is 4.93. The van der Waals surface area contributed by atoms with Crippen LogP contribution in [-0.2, 0) is 17.7 Å². The van der Waals surface area contributed by atoms with E-state index in [4.69, 9.17) is 9.72 Å². The molecule has 3 heterocycles. The maximum atomic E-state index is 5.42. The fraction of sp³-hybridized carbons (Fsp3) is 0.824. The van der Waals surface area contributed by atoms with Gasteiger partial charge in [-0.2, -0.15) is 0 Å². The van der Waals surface area contributed by atoms with Crippen molar-refractivity contribution in [2.24, 2.45) is 0 Å². The number of imidazole rings is 1. The molecule has 0 aromatic carbocycles. The zero-order chi connectivity index (χ0) is 15.2. The van der Waals surface area contributed by atoms with Crippen LogP contribution < -0.4 is 10.6 Å². The first kappa shape index (κ1) is 25.0. The van der Waals surface area contributed by atoms with Crippen LogP contribution in [0.3, 0.4) is 0 Å². The molecule has 2 saturated heterocycles. The molecular weight excluding hydrogens is 383 g/mol. The molecule has 3 rings (SSSR count). The molecule has 25 heavy (non-hydrogen) atoms. The van der Waals surface area contributed by atoms with Crippen molar-refractivity contribution < 1.29 is 4.74 Å². The summed E-state index contributed by atoms with van der Waals surface area (Å²) < 4.78 is 7.82. The molecule has 2 N–H and O–H groups in total. The number of piperidine rings is 1. The lowest BCUT2D eigenvalue weighted by molar-refractivity contribution is 0.0778. The average molecular weight is 416 g/mol. The van der Waals surface area contributed by atoms with Gasteiger partial charge >= 0.3 is 0 Å². The van der Waals surface area contributed by atoms with Crippen LogP contribution in [0.2, 0.25) is 0 Å². The second-order valence-electron chi connectivity index (χ2n) is 6.50. The van der Waals surface area contributed by atoms with E-state index < -0.39 is 0 Å². The predicted molar refractivity (Wildman–Crippen MR) is 110 cm³/mol. The normalized spacial score (nSPS) is 18.8. The number of ether oxygens (including phenoxy) is 1. The first-order chi connectivity index (χ1) is 10.9. The van der Waals surface area contributed by atoms with Gasteiger partial charge in [0.15, 0.2) is 0 Å². The van der Waals surface area contributed by atoms with E-state index in [0.717, 1.165) is 58.7 Å². The Balaban J connectivity index is 0.00000192. The summed E-state index contributed by atoms with van der Waals surface area (Å²) in [5, 5.41) is 7.14. The topological polar surface area (TPSA) is 51.1 Å². The van der Waals surface area contributed by atoms with Crippen molar-refractivity contribution in [2.75, 3.05) is 32.8 Å². The minimum Gasteiger partial charge on any atom is -0.381 e. The molecule has 2 aliphatic heterocycles. The monoisotopic (exact) mass is 414 g/mol. The van der Waals surface area contributed by atoms with Gasteiger partial charge in [-0.05, 0) is 45.2 Å². The highest BCUT2D eigenvalue weighted by Crippen LogP contribution is 2.24. The number of nitrogens with one attached hydrogen (secondary N) is 2. The van der Waals surface area contributed by atoms with E-state index in [2.05, 4.69) is 28.3 Å². The van der Waals surface area contributed by atoms with Crippen molar-refractivity contribution in [3.63, 3.8) is 0 Å². The SMILES string of the molecule is CCc1cn(CCNC2CCOCC2)c(C2CCNCC2)n1.Cl.Cl.Cl. The largest absolute Gasteiger partial charge is 0.381 e. The molecule has 0 spiro atoms. The second kappa shape index (κ2) is 13.2. The summed E-state index contributed by atoms with van der Waals surface area (Å²) in [5.74, 6) is 1.94. The zero-order valence-electron chi connectivity index (χ0n) is 15.0. The van der Waals surface area contributed by atoms with Crippen LogP contribution in [0.1, 0.15) is 50.0 Å². The van der Waals surface area contributed by atoms with Crippen molar-refractivity contribution in [2.45, 2.75) is 57.5 Å². The minimum atomic E-state index is 0. The van der Waals surface area contributed by atoms with Crippen molar-refractivity contribution in [1.29, 1.82) is 0 Å². The van der Waals surface area contributed by atoms with Gasteiger partial charge in [-0.25, -0.2) is 4.98 Å². The lowest BCUT2D eigenvalue weighted by Crippen LogP contribution is -2.36. The Morgan fingerprint density at radius 3 is 2.48 bits per heavy atom. The van der Waals surface area contributed by atoms with Gasteiger partial charge in [0, 0.05) is 44.5 Å². The third kappa shape index (κ3) is 7.24. The molecule has 148 valence electrons. The Morgan fingerprint density at radius 2 is 1.84 bits per heavy atom. The Labute approximate surface area is 170 Å². The highest BCUT2D eigenvalue weighted by Gasteiger charge is 2.21. The molecule has 0 amide bonds. The van der Waals surface area contributed by atoms with Crippen molar-refractivity contribution >= 4 is 37.2 Å². The molecule has 2 aliphatic rings. The Bertz CT molecular complexity index is 461. The zero-order valence-corrected chi connectivity index (χ0v) is 17.5. The molecular formula is C17H33Cl3N4O. The lowest BCUT2D eigenvalue weighted by atomic mass is 9.97. The Hall–Kier alpha value is -0.0400. The third-order valence-electron chi connectivity index (χ3n) is 4.93. The van der Waals surface area contributed by atoms with E-state index in [9.17, 15) is 0 Å². The van der Waals surface area contributed by atoms with Crippen molar-refractivity contribution in [1.82, 2.24) is 20.2 Å². The number of rotatable bonds is 6. The molecule has 0 aliphatic carbocycles. The maximum Gasteiger partial charge on any atom is 0.112 e. The molecule has 1 aromatic rings. The molecule has 5 nitrogen and oxygen atoms in total. The number of halogens is 3. The predicted octanol–water partition coefficient (Wildman–Crippen LogP) is 2.95. The van der Waals surface area contributed by atoms with E-state index in [-0.39, 0.29) is 37.2 Å². The number of hydrogen-bond donors (Lipinski definition) is 2. The molecule has 0 radical (unpaired) electrons. The summed E-state index contributed by atoms with van der Waals surface area (Å²) in [6.45, 7) is 8.32. The van der Waals surface area contributed by atoms with Gasteiger partial charge in [-0.1, -0.05) is 6.92 Å². The quantitative estimate of drug-likeness (QED) is 0.750. The van der Waals surface area contributed by atoms with E-state index >= 15 is 0 Å². The smallest absolute Gasteiger partial charge is 0.112 e. The molecule has 0 unspecified atom stereocenters. The van der Waals surface area contributed by atoms with Crippen LogP contribution in [0.25, 0.3) is 0 Å².